The number of hydrogen-bond donors (Lipinski definition) is 1. The Morgan fingerprint density at radius 2 is 1.35 bits per heavy atom. The molecule has 2 N–H and O–H groups in total. The number of hydrogen-bond acceptors (Lipinski definition) is 1. The molecule has 1 aromatic heterocycles. The van der Waals surface area contributed by atoms with E-state index >= 15 is 0 Å². The summed E-state index contributed by atoms with van der Waals surface area (Å²) in [4.78, 5) is 12.0. The largest absolute Gasteiger partial charge is 0.366 e. The molecule has 3 nitrogen and oxygen atoms in total. The molecule has 1 heterocycles. The summed E-state index contributed by atoms with van der Waals surface area (Å²) in [5, 5.41) is 0. The summed E-state index contributed by atoms with van der Waals surface area (Å²) in [6.07, 6.45) is 3.20. The third-order valence-corrected chi connectivity index (χ3v) is 5.86. The quantitative estimate of drug-likeness (QED) is 0.344. The number of nitrogens with two attached hydrogens (primary N) is 1. The first kappa shape index (κ1) is 20.7. The Morgan fingerprint density at radius 1 is 0.774 bits per heavy atom. The van der Waals surface area contributed by atoms with Crippen molar-refractivity contribution in [2.24, 2.45) is 5.73 Å². The number of aryl methyl sites for hydroxylation is 1. The van der Waals surface area contributed by atoms with Crippen LogP contribution in [0.5, 0.6) is 0 Å². The molecule has 31 heavy (non-hydrogen) atoms. The van der Waals surface area contributed by atoms with Gasteiger partial charge in [-0.2, -0.15) is 0 Å². The van der Waals surface area contributed by atoms with Gasteiger partial charge in [0.15, 0.2) is 0 Å². The molecular formula is C28H28N2O. The third kappa shape index (κ3) is 4.77. The summed E-state index contributed by atoms with van der Waals surface area (Å²) >= 11 is 0. The summed E-state index contributed by atoms with van der Waals surface area (Å²) in [5.41, 5.74) is 13.1. The Balaban J connectivity index is 1.55. The molecule has 1 amide bonds. The van der Waals surface area contributed by atoms with E-state index in [0.717, 1.165) is 42.8 Å². The molecule has 3 aromatic carbocycles. The van der Waals surface area contributed by atoms with Crippen LogP contribution in [0.15, 0.2) is 91.0 Å². The highest BCUT2D eigenvalue weighted by molar-refractivity contribution is 5.95. The second-order valence-electron chi connectivity index (χ2n) is 7.93. The van der Waals surface area contributed by atoms with Gasteiger partial charge in [-0.1, -0.05) is 84.9 Å². The number of benzene rings is 3. The highest BCUT2D eigenvalue weighted by Gasteiger charge is 2.16. The molecule has 4 rings (SSSR count). The lowest BCUT2D eigenvalue weighted by Gasteiger charge is -2.13. The van der Waals surface area contributed by atoms with Crippen LogP contribution in [-0.2, 0) is 13.0 Å². The van der Waals surface area contributed by atoms with Gasteiger partial charge in [0.05, 0.1) is 5.56 Å². The van der Waals surface area contributed by atoms with Crippen LogP contribution in [0.25, 0.3) is 22.4 Å². The molecule has 3 heteroatoms. The molecule has 4 aromatic rings. The average molecular weight is 409 g/mol. The molecule has 0 aliphatic carbocycles. The van der Waals surface area contributed by atoms with E-state index in [9.17, 15) is 4.79 Å². The lowest BCUT2D eigenvalue weighted by Crippen LogP contribution is -2.12. The fourth-order valence-electron chi connectivity index (χ4n) is 4.13. The second-order valence-corrected chi connectivity index (χ2v) is 7.93. The van der Waals surface area contributed by atoms with Crippen LogP contribution in [0.1, 0.15) is 34.5 Å². The van der Waals surface area contributed by atoms with E-state index in [1.165, 1.54) is 16.7 Å². The normalized spacial score (nSPS) is 10.9. The smallest absolute Gasteiger partial charge is 0.250 e. The van der Waals surface area contributed by atoms with E-state index in [0.29, 0.717) is 5.56 Å². The van der Waals surface area contributed by atoms with E-state index in [-0.39, 0.29) is 5.91 Å². The molecule has 0 bridgehead atoms. The first-order valence-corrected chi connectivity index (χ1v) is 10.8. The van der Waals surface area contributed by atoms with Gasteiger partial charge < -0.3 is 10.3 Å². The molecule has 0 aliphatic rings. The molecule has 0 atom stereocenters. The zero-order valence-corrected chi connectivity index (χ0v) is 17.9. The maximum atomic E-state index is 12.0. The fraction of sp³-hybridized carbons (Fsp3) is 0.179. The Morgan fingerprint density at radius 3 is 2.00 bits per heavy atom. The van der Waals surface area contributed by atoms with Gasteiger partial charge in [0.25, 0.3) is 5.91 Å². The van der Waals surface area contributed by atoms with Crippen LogP contribution in [0, 0.1) is 6.92 Å². The summed E-state index contributed by atoms with van der Waals surface area (Å²) in [6.45, 7) is 2.85. The van der Waals surface area contributed by atoms with Crippen molar-refractivity contribution in [2.75, 3.05) is 0 Å². The van der Waals surface area contributed by atoms with Gasteiger partial charge >= 0.3 is 0 Å². The molecular weight excluding hydrogens is 380 g/mol. The summed E-state index contributed by atoms with van der Waals surface area (Å²) < 4.78 is 2.24. The summed E-state index contributed by atoms with van der Waals surface area (Å²) in [7, 11) is 0. The van der Waals surface area contributed by atoms with Crippen molar-refractivity contribution in [3.05, 3.63) is 108 Å². The van der Waals surface area contributed by atoms with Crippen LogP contribution >= 0.6 is 0 Å². The van der Waals surface area contributed by atoms with Crippen molar-refractivity contribution in [3.63, 3.8) is 0 Å². The van der Waals surface area contributed by atoms with Gasteiger partial charge in [-0.05, 0) is 54.5 Å². The Bertz CT molecular complexity index is 1140. The molecule has 156 valence electrons. The van der Waals surface area contributed by atoms with Crippen LogP contribution in [-0.4, -0.2) is 10.5 Å². The van der Waals surface area contributed by atoms with E-state index in [1.54, 1.807) is 0 Å². The van der Waals surface area contributed by atoms with Gasteiger partial charge in [0.1, 0.15) is 0 Å². The number of nitrogens with zero attached hydrogens (tertiary/aromatic N) is 1. The summed E-state index contributed by atoms with van der Waals surface area (Å²) in [6, 6.07) is 31.4. The number of unbranched alkanes of at least 4 members (excludes halogenated alkanes) is 1. The number of carbonyl (C=O) groups excluding carboxylic acids is 1. The van der Waals surface area contributed by atoms with E-state index in [4.69, 9.17) is 5.73 Å². The van der Waals surface area contributed by atoms with Gasteiger partial charge in [-0.3, -0.25) is 4.79 Å². The SMILES string of the molecule is Cc1c(C(N)=O)cc(-c2ccc(-c3ccccc3)cc2)n1CCCCc1ccccc1. The van der Waals surface area contributed by atoms with Crippen molar-refractivity contribution in [1.29, 1.82) is 0 Å². The second kappa shape index (κ2) is 9.48. The van der Waals surface area contributed by atoms with Gasteiger partial charge in [0, 0.05) is 17.9 Å². The number of aromatic nitrogens is 1. The zero-order chi connectivity index (χ0) is 21.6. The molecule has 0 spiro atoms. The van der Waals surface area contributed by atoms with E-state index in [2.05, 4.69) is 65.2 Å². The standard InChI is InChI=1S/C28H28N2O/c1-21-26(28(29)31)20-27(30(21)19-9-8-12-22-10-4-2-5-11-22)25-17-15-24(16-18-25)23-13-6-3-7-14-23/h2-7,10-11,13-18,20H,8-9,12,19H2,1H3,(H2,29,31). The lowest BCUT2D eigenvalue weighted by molar-refractivity contribution is 0.0999. The Labute approximate surface area is 184 Å². The topological polar surface area (TPSA) is 48.0 Å². The summed E-state index contributed by atoms with van der Waals surface area (Å²) in [5.74, 6) is -0.373. The fourth-order valence-corrected chi connectivity index (χ4v) is 4.13. The van der Waals surface area contributed by atoms with Crippen LogP contribution in [0.2, 0.25) is 0 Å². The van der Waals surface area contributed by atoms with Gasteiger partial charge in [-0.15, -0.1) is 0 Å². The maximum Gasteiger partial charge on any atom is 0.250 e. The van der Waals surface area contributed by atoms with Gasteiger partial charge in [0.2, 0.25) is 0 Å². The van der Waals surface area contributed by atoms with Crippen LogP contribution in [0.3, 0.4) is 0 Å². The maximum absolute atomic E-state index is 12.0. The van der Waals surface area contributed by atoms with Crippen molar-refractivity contribution in [2.45, 2.75) is 32.7 Å². The third-order valence-electron chi connectivity index (χ3n) is 5.86. The first-order valence-electron chi connectivity index (χ1n) is 10.8. The molecule has 0 fully saturated rings. The van der Waals surface area contributed by atoms with Crippen LogP contribution in [0.4, 0.5) is 0 Å². The zero-order valence-electron chi connectivity index (χ0n) is 17.9. The van der Waals surface area contributed by atoms with Crippen LogP contribution < -0.4 is 5.73 Å². The Kier molecular flexibility index (Phi) is 6.32. The molecule has 0 unspecified atom stereocenters. The molecule has 0 aliphatic heterocycles. The minimum absolute atomic E-state index is 0.373. The molecule has 0 saturated heterocycles. The highest BCUT2D eigenvalue weighted by atomic mass is 16.1. The predicted octanol–water partition coefficient (Wildman–Crippen LogP) is 6.25. The van der Waals surface area contributed by atoms with Crippen molar-refractivity contribution < 1.29 is 4.79 Å². The predicted molar refractivity (Wildman–Crippen MR) is 128 cm³/mol. The minimum atomic E-state index is -0.373. The highest BCUT2D eigenvalue weighted by Crippen LogP contribution is 2.29. The van der Waals surface area contributed by atoms with Crippen molar-refractivity contribution in [1.82, 2.24) is 4.57 Å². The number of amides is 1. The number of rotatable bonds is 8. The molecule has 0 saturated carbocycles. The van der Waals surface area contributed by atoms with E-state index in [1.807, 2.05) is 37.3 Å². The van der Waals surface area contributed by atoms with Crippen molar-refractivity contribution in [3.8, 4) is 22.4 Å². The van der Waals surface area contributed by atoms with E-state index < -0.39 is 0 Å². The number of primary amides is 1. The number of carbonyl (C=O) groups is 1. The van der Waals surface area contributed by atoms with Crippen molar-refractivity contribution >= 4 is 5.91 Å². The monoisotopic (exact) mass is 408 g/mol. The average Bonchev–Trinajstić information content (AvgIpc) is 3.14. The Hall–Kier alpha value is -3.59. The molecule has 0 radical (unpaired) electrons. The lowest BCUT2D eigenvalue weighted by atomic mass is 10.0. The minimum Gasteiger partial charge on any atom is -0.366 e. The first-order chi connectivity index (χ1) is 15.1. The van der Waals surface area contributed by atoms with Gasteiger partial charge in [-0.25, -0.2) is 0 Å².